The van der Waals surface area contributed by atoms with Gasteiger partial charge in [-0.05, 0) is 43.7 Å². The molecule has 0 aromatic heterocycles. The van der Waals surface area contributed by atoms with Crippen molar-refractivity contribution in [2.75, 3.05) is 6.61 Å². The van der Waals surface area contributed by atoms with Gasteiger partial charge in [-0.3, -0.25) is 14.9 Å². The highest BCUT2D eigenvalue weighted by atomic mass is 35.5. The van der Waals surface area contributed by atoms with Gasteiger partial charge < -0.3 is 10.1 Å². The molecule has 0 heterocycles. The molecule has 0 aliphatic heterocycles. The van der Waals surface area contributed by atoms with E-state index in [1.54, 1.807) is 43.3 Å². The van der Waals surface area contributed by atoms with Crippen molar-refractivity contribution in [1.82, 2.24) is 10.6 Å². The van der Waals surface area contributed by atoms with Crippen LogP contribution in [-0.4, -0.2) is 36.3 Å². The van der Waals surface area contributed by atoms with Gasteiger partial charge in [0.25, 0.3) is 5.91 Å². The summed E-state index contributed by atoms with van der Waals surface area (Å²) in [5, 5.41) is 5.12. The van der Waals surface area contributed by atoms with Crippen molar-refractivity contribution in [3.8, 4) is 0 Å². The van der Waals surface area contributed by atoms with E-state index in [-0.39, 0.29) is 23.0 Å². The summed E-state index contributed by atoms with van der Waals surface area (Å²) in [6.45, 7) is 3.02. The van der Waals surface area contributed by atoms with Crippen LogP contribution < -0.4 is 10.6 Å². The SMILES string of the molecule is CC[C@H](C)NC(=O)NC(=O)COC(=O)c1ccccc1C(=O)c1ccc(Cl)cc1. The van der Waals surface area contributed by atoms with Gasteiger partial charge in [0.15, 0.2) is 12.4 Å². The van der Waals surface area contributed by atoms with Gasteiger partial charge in [0.2, 0.25) is 0 Å². The van der Waals surface area contributed by atoms with Crippen LogP contribution in [0.4, 0.5) is 4.79 Å². The Hall–Kier alpha value is -3.19. The summed E-state index contributed by atoms with van der Waals surface area (Å²) >= 11 is 5.84. The molecule has 7 nitrogen and oxygen atoms in total. The molecule has 0 fully saturated rings. The third-order valence-electron chi connectivity index (χ3n) is 4.08. The number of benzene rings is 2. The van der Waals surface area contributed by atoms with Gasteiger partial charge in [0.05, 0.1) is 5.56 Å². The van der Waals surface area contributed by atoms with Crippen LogP contribution in [0.5, 0.6) is 0 Å². The van der Waals surface area contributed by atoms with E-state index in [2.05, 4.69) is 10.6 Å². The molecule has 8 heteroatoms. The van der Waals surface area contributed by atoms with Crippen LogP contribution in [0.3, 0.4) is 0 Å². The number of imide groups is 1. The van der Waals surface area contributed by atoms with Crippen LogP contribution in [0.1, 0.15) is 46.5 Å². The molecule has 0 unspecified atom stereocenters. The number of hydrogen-bond donors (Lipinski definition) is 2. The van der Waals surface area contributed by atoms with Gasteiger partial charge in [-0.1, -0.05) is 36.7 Å². The third kappa shape index (κ3) is 6.43. The Kier molecular flexibility index (Phi) is 7.91. The number of rotatable bonds is 7. The average molecular weight is 417 g/mol. The van der Waals surface area contributed by atoms with Gasteiger partial charge >= 0.3 is 12.0 Å². The van der Waals surface area contributed by atoms with E-state index in [0.29, 0.717) is 17.0 Å². The van der Waals surface area contributed by atoms with Crippen molar-refractivity contribution in [2.45, 2.75) is 26.3 Å². The van der Waals surface area contributed by atoms with E-state index in [4.69, 9.17) is 16.3 Å². The zero-order valence-electron chi connectivity index (χ0n) is 16.0. The van der Waals surface area contributed by atoms with Crippen LogP contribution in [-0.2, 0) is 9.53 Å². The maximum atomic E-state index is 12.7. The molecule has 29 heavy (non-hydrogen) atoms. The lowest BCUT2D eigenvalue weighted by atomic mass is 9.98. The number of carbonyl (C=O) groups excluding carboxylic acids is 4. The van der Waals surface area contributed by atoms with Crippen molar-refractivity contribution in [3.05, 3.63) is 70.2 Å². The normalized spacial score (nSPS) is 11.3. The maximum Gasteiger partial charge on any atom is 0.339 e. The lowest BCUT2D eigenvalue weighted by molar-refractivity contribution is -0.123. The van der Waals surface area contributed by atoms with Crippen molar-refractivity contribution in [1.29, 1.82) is 0 Å². The molecule has 3 amide bonds. The molecule has 0 bridgehead atoms. The molecule has 2 aromatic rings. The van der Waals surface area contributed by atoms with Gasteiger partial charge in [-0.25, -0.2) is 9.59 Å². The number of carbonyl (C=O) groups is 4. The molecule has 2 rings (SSSR count). The first-order chi connectivity index (χ1) is 13.8. The van der Waals surface area contributed by atoms with E-state index >= 15 is 0 Å². The number of esters is 1. The lowest BCUT2D eigenvalue weighted by Gasteiger charge is -2.12. The number of ether oxygens (including phenoxy) is 1. The van der Waals surface area contributed by atoms with Crippen molar-refractivity contribution < 1.29 is 23.9 Å². The average Bonchev–Trinajstić information content (AvgIpc) is 2.71. The molecule has 2 aromatic carbocycles. The molecular weight excluding hydrogens is 396 g/mol. The summed E-state index contributed by atoms with van der Waals surface area (Å²) in [6.07, 6.45) is 0.703. The Bertz CT molecular complexity index is 912. The number of urea groups is 1. The fourth-order valence-electron chi connectivity index (χ4n) is 2.35. The minimum absolute atomic E-state index is 0.0179. The Balaban J connectivity index is 2.03. The second kappa shape index (κ2) is 10.4. The zero-order valence-corrected chi connectivity index (χ0v) is 16.8. The van der Waals surface area contributed by atoms with Crippen molar-refractivity contribution >= 4 is 35.3 Å². The number of ketones is 1. The minimum atomic E-state index is -0.847. The van der Waals surface area contributed by atoms with Crippen LogP contribution >= 0.6 is 11.6 Å². The number of nitrogens with one attached hydrogen (secondary N) is 2. The minimum Gasteiger partial charge on any atom is -0.452 e. The molecule has 2 N–H and O–H groups in total. The monoisotopic (exact) mass is 416 g/mol. The van der Waals surface area contributed by atoms with Crippen molar-refractivity contribution in [3.63, 3.8) is 0 Å². The zero-order chi connectivity index (χ0) is 21.4. The smallest absolute Gasteiger partial charge is 0.339 e. The quantitative estimate of drug-likeness (QED) is 0.532. The molecule has 152 valence electrons. The fraction of sp³-hybridized carbons (Fsp3) is 0.238. The fourth-order valence-corrected chi connectivity index (χ4v) is 2.48. The maximum absolute atomic E-state index is 12.7. The van der Waals surface area contributed by atoms with Gasteiger partial charge in [-0.15, -0.1) is 0 Å². The summed E-state index contributed by atoms with van der Waals surface area (Å²) < 4.78 is 4.96. The highest BCUT2D eigenvalue weighted by Crippen LogP contribution is 2.17. The Labute approximate surface area is 173 Å². The Morgan fingerprint density at radius 3 is 2.24 bits per heavy atom. The van der Waals surface area contributed by atoms with Crippen LogP contribution in [0, 0.1) is 0 Å². The van der Waals surface area contributed by atoms with E-state index in [9.17, 15) is 19.2 Å². The van der Waals surface area contributed by atoms with Gasteiger partial charge in [0, 0.05) is 22.2 Å². The van der Waals surface area contributed by atoms with Crippen molar-refractivity contribution in [2.24, 2.45) is 0 Å². The van der Waals surface area contributed by atoms with Gasteiger partial charge in [0.1, 0.15) is 0 Å². The van der Waals surface area contributed by atoms with E-state index < -0.39 is 24.5 Å². The Morgan fingerprint density at radius 1 is 1.00 bits per heavy atom. The Morgan fingerprint density at radius 2 is 1.62 bits per heavy atom. The summed E-state index contributed by atoms with van der Waals surface area (Å²) in [5.74, 6) is -2.01. The number of amides is 3. The summed E-state index contributed by atoms with van der Waals surface area (Å²) in [6, 6.07) is 11.6. The van der Waals surface area contributed by atoms with Gasteiger partial charge in [-0.2, -0.15) is 0 Å². The van der Waals surface area contributed by atoms with Crippen LogP contribution in [0.2, 0.25) is 5.02 Å². The van der Waals surface area contributed by atoms with Crippen LogP contribution in [0.15, 0.2) is 48.5 Å². The second-order valence-corrected chi connectivity index (χ2v) is 6.73. The first kappa shape index (κ1) is 22.1. The molecule has 0 spiro atoms. The summed E-state index contributed by atoms with van der Waals surface area (Å²) in [7, 11) is 0. The molecule has 0 aliphatic rings. The van der Waals surface area contributed by atoms with E-state index in [1.807, 2.05) is 6.92 Å². The molecule has 0 aliphatic carbocycles. The number of halogens is 1. The lowest BCUT2D eigenvalue weighted by Crippen LogP contribution is -2.44. The predicted molar refractivity (Wildman–Crippen MR) is 108 cm³/mol. The first-order valence-corrected chi connectivity index (χ1v) is 9.36. The third-order valence-corrected chi connectivity index (χ3v) is 4.33. The predicted octanol–water partition coefficient (Wildman–Crippen LogP) is 3.35. The molecule has 0 radical (unpaired) electrons. The van der Waals surface area contributed by atoms with E-state index in [0.717, 1.165) is 0 Å². The van der Waals surface area contributed by atoms with Crippen LogP contribution in [0.25, 0.3) is 0 Å². The van der Waals surface area contributed by atoms with E-state index in [1.165, 1.54) is 12.1 Å². The summed E-state index contributed by atoms with van der Waals surface area (Å²) in [4.78, 5) is 48.5. The molecule has 1 atom stereocenters. The number of hydrogen-bond acceptors (Lipinski definition) is 5. The standard InChI is InChI=1S/C21H21ClN2O5/c1-3-13(2)23-21(28)24-18(25)12-29-20(27)17-7-5-4-6-16(17)19(26)14-8-10-15(22)11-9-14/h4-11,13H,3,12H2,1-2H3,(H2,23,24,25,28)/t13-/m0/s1. The molecular formula is C21H21ClN2O5. The highest BCUT2D eigenvalue weighted by molar-refractivity contribution is 6.30. The summed E-state index contributed by atoms with van der Waals surface area (Å²) in [5.41, 5.74) is 0.508. The first-order valence-electron chi connectivity index (χ1n) is 8.98. The topological polar surface area (TPSA) is 102 Å². The largest absolute Gasteiger partial charge is 0.452 e. The molecule has 0 saturated heterocycles. The second-order valence-electron chi connectivity index (χ2n) is 6.29. The molecule has 0 saturated carbocycles. The highest BCUT2D eigenvalue weighted by Gasteiger charge is 2.20.